The van der Waals surface area contributed by atoms with Crippen molar-refractivity contribution in [1.29, 1.82) is 0 Å². The summed E-state index contributed by atoms with van der Waals surface area (Å²) in [6.07, 6.45) is 2.60. The van der Waals surface area contributed by atoms with Gasteiger partial charge in [0.2, 0.25) is 0 Å². The number of amides is 2. The zero-order chi connectivity index (χ0) is 20.5. The zero-order valence-electron chi connectivity index (χ0n) is 17.3. The van der Waals surface area contributed by atoms with Gasteiger partial charge in [-0.3, -0.25) is 0 Å². The molecule has 0 aliphatic carbocycles. The molecular formula is C23H30N4O2. The first-order valence-corrected chi connectivity index (χ1v) is 10.4. The summed E-state index contributed by atoms with van der Waals surface area (Å²) in [6, 6.07) is 16.1. The van der Waals surface area contributed by atoms with Crippen molar-refractivity contribution in [2.24, 2.45) is 0 Å². The van der Waals surface area contributed by atoms with Crippen LogP contribution in [0.3, 0.4) is 0 Å². The van der Waals surface area contributed by atoms with E-state index >= 15 is 0 Å². The predicted molar refractivity (Wildman–Crippen MR) is 117 cm³/mol. The van der Waals surface area contributed by atoms with Crippen LogP contribution < -0.4 is 10.6 Å². The van der Waals surface area contributed by atoms with E-state index in [1.165, 1.54) is 11.1 Å². The number of carbonyl (C=O) groups is 1. The molecule has 6 heteroatoms. The standard InChI is InChI=1S/C23H30N4O2/c1-3-27-21-9-6-5-8-20(21)26-22(27)15-12-18-10-13-19(14-11-18)25-23(28)24-16-7-17-29-4-2/h5-6,8-11,13-14H,3-4,7,12,15-17H2,1-2H3,(H2,24,25,28). The van der Waals surface area contributed by atoms with Gasteiger partial charge in [-0.2, -0.15) is 0 Å². The third-order valence-electron chi connectivity index (χ3n) is 4.85. The number of fused-ring (bicyclic) bond motifs is 1. The second-order valence-electron chi connectivity index (χ2n) is 6.89. The molecule has 3 rings (SSSR count). The summed E-state index contributed by atoms with van der Waals surface area (Å²) in [5, 5.41) is 5.70. The molecule has 1 aromatic heterocycles. The molecule has 0 saturated heterocycles. The van der Waals surface area contributed by atoms with Crippen LogP contribution in [-0.2, 0) is 24.1 Å². The highest BCUT2D eigenvalue weighted by atomic mass is 16.5. The summed E-state index contributed by atoms with van der Waals surface area (Å²) in [7, 11) is 0. The largest absolute Gasteiger partial charge is 0.382 e. The van der Waals surface area contributed by atoms with Crippen LogP contribution in [0.1, 0.15) is 31.7 Å². The number of nitrogens with zero attached hydrogens (tertiary/aromatic N) is 2. The van der Waals surface area contributed by atoms with E-state index in [4.69, 9.17) is 9.72 Å². The normalized spacial score (nSPS) is 11.0. The lowest BCUT2D eigenvalue weighted by Gasteiger charge is -2.09. The van der Waals surface area contributed by atoms with Crippen LogP contribution in [0, 0.1) is 0 Å². The van der Waals surface area contributed by atoms with Gasteiger partial charge in [0, 0.05) is 38.4 Å². The fraction of sp³-hybridized carbons (Fsp3) is 0.391. The molecule has 0 unspecified atom stereocenters. The topological polar surface area (TPSA) is 68.2 Å². The Morgan fingerprint density at radius 2 is 1.86 bits per heavy atom. The number of hydrogen-bond acceptors (Lipinski definition) is 3. The predicted octanol–water partition coefficient (Wildman–Crippen LogP) is 4.39. The molecule has 154 valence electrons. The Hall–Kier alpha value is -2.86. The molecule has 3 aromatic rings. The molecule has 29 heavy (non-hydrogen) atoms. The van der Waals surface area contributed by atoms with Crippen molar-refractivity contribution in [3.8, 4) is 0 Å². The van der Waals surface area contributed by atoms with Gasteiger partial charge in [-0.25, -0.2) is 9.78 Å². The van der Waals surface area contributed by atoms with E-state index < -0.39 is 0 Å². The Labute approximate surface area is 172 Å². The molecule has 0 aliphatic rings. The summed E-state index contributed by atoms with van der Waals surface area (Å²) < 4.78 is 7.53. The Morgan fingerprint density at radius 3 is 2.62 bits per heavy atom. The zero-order valence-corrected chi connectivity index (χ0v) is 17.3. The van der Waals surface area contributed by atoms with Crippen LogP contribution in [0.2, 0.25) is 0 Å². The second kappa shape index (κ2) is 10.6. The Balaban J connectivity index is 1.50. The van der Waals surface area contributed by atoms with Gasteiger partial charge in [-0.1, -0.05) is 24.3 Å². The van der Waals surface area contributed by atoms with E-state index in [0.717, 1.165) is 42.8 Å². The molecular weight excluding hydrogens is 364 g/mol. The van der Waals surface area contributed by atoms with Crippen molar-refractivity contribution in [3.05, 3.63) is 59.9 Å². The fourth-order valence-electron chi connectivity index (χ4n) is 3.38. The molecule has 0 fully saturated rings. The maximum absolute atomic E-state index is 11.9. The number of hydrogen-bond donors (Lipinski definition) is 2. The smallest absolute Gasteiger partial charge is 0.319 e. The second-order valence-corrected chi connectivity index (χ2v) is 6.89. The molecule has 2 aromatic carbocycles. The van der Waals surface area contributed by atoms with Crippen LogP contribution in [0.25, 0.3) is 11.0 Å². The van der Waals surface area contributed by atoms with Crippen LogP contribution >= 0.6 is 0 Å². The molecule has 6 nitrogen and oxygen atoms in total. The number of rotatable bonds is 10. The number of aromatic nitrogens is 2. The van der Waals surface area contributed by atoms with Crippen LogP contribution in [0.5, 0.6) is 0 Å². The lowest BCUT2D eigenvalue weighted by Crippen LogP contribution is -2.30. The first-order chi connectivity index (χ1) is 14.2. The SMILES string of the molecule is CCOCCCNC(=O)Nc1ccc(CCc2nc3ccccc3n2CC)cc1. The van der Waals surface area contributed by atoms with Gasteiger partial charge in [0.15, 0.2) is 0 Å². The molecule has 1 heterocycles. The Kier molecular flexibility index (Phi) is 7.64. The van der Waals surface area contributed by atoms with E-state index in [2.05, 4.69) is 52.5 Å². The van der Waals surface area contributed by atoms with Gasteiger partial charge >= 0.3 is 6.03 Å². The Bertz CT molecular complexity index is 918. The summed E-state index contributed by atoms with van der Waals surface area (Å²) >= 11 is 0. The van der Waals surface area contributed by atoms with Gasteiger partial charge in [-0.15, -0.1) is 0 Å². The minimum absolute atomic E-state index is 0.189. The summed E-state index contributed by atoms with van der Waals surface area (Å²) in [6.45, 7) is 7.00. The van der Waals surface area contributed by atoms with Crippen LogP contribution in [-0.4, -0.2) is 35.3 Å². The highest BCUT2D eigenvalue weighted by Crippen LogP contribution is 2.18. The van der Waals surface area contributed by atoms with Gasteiger partial charge in [0.05, 0.1) is 11.0 Å². The van der Waals surface area contributed by atoms with Crippen molar-refractivity contribution in [1.82, 2.24) is 14.9 Å². The fourth-order valence-corrected chi connectivity index (χ4v) is 3.38. The van der Waals surface area contributed by atoms with E-state index in [1.54, 1.807) is 0 Å². The highest BCUT2D eigenvalue weighted by molar-refractivity contribution is 5.89. The number of anilines is 1. The molecule has 0 spiro atoms. The van der Waals surface area contributed by atoms with Gasteiger partial charge < -0.3 is 19.9 Å². The lowest BCUT2D eigenvalue weighted by molar-refractivity contribution is 0.145. The first-order valence-electron chi connectivity index (χ1n) is 10.4. The summed E-state index contributed by atoms with van der Waals surface area (Å²) in [4.78, 5) is 16.7. The first kappa shape index (κ1) is 20.9. The third kappa shape index (κ3) is 5.81. The summed E-state index contributed by atoms with van der Waals surface area (Å²) in [5.74, 6) is 1.11. The maximum atomic E-state index is 11.9. The van der Waals surface area contributed by atoms with E-state index in [1.807, 2.05) is 25.1 Å². The number of para-hydroxylation sites is 2. The molecule has 0 saturated carbocycles. The van der Waals surface area contributed by atoms with Crippen LogP contribution in [0.15, 0.2) is 48.5 Å². The van der Waals surface area contributed by atoms with Crippen molar-refractivity contribution in [2.45, 2.75) is 39.7 Å². The monoisotopic (exact) mass is 394 g/mol. The Morgan fingerprint density at radius 1 is 1.07 bits per heavy atom. The van der Waals surface area contributed by atoms with Crippen molar-refractivity contribution in [2.75, 3.05) is 25.1 Å². The number of aryl methyl sites for hydroxylation is 3. The molecule has 2 amide bonds. The number of carbonyl (C=O) groups excluding carboxylic acids is 1. The molecule has 0 bridgehead atoms. The maximum Gasteiger partial charge on any atom is 0.319 e. The average Bonchev–Trinajstić information content (AvgIpc) is 3.10. The minimum Gasteiger partial charge on any atom is -0.382 e. The highest BCUT2D eigenvalue weighted by Gasteiger charge is 2.09. The minimum atomic E-state index is -0.189. The third-order valence-corrected chi connectivity index (χ3v) is 4.85. The van der Waals surface area contributed by atoms with Gasteiger partial charge in [0.1, 0.15) is 5.82 Å². The average molecular weight is 395 g/mol. The quantitative estimate of drug-likeness (QED) is 0.501. The lowest BCUT2D eigenvalue weighted by atomic mass is 10.1. The molecule has 0 radical (unpaired) electrons. The van der Waals surface area contributed by atoms with E-state index in [9.17, 15) is 4.79 Å². The number of ether oxygens (including phenoxy) is 1. The number of urea groups is 1. The molecule has 0 aliphatic heterocycles. The van der Waals surface area contributed by atoms with Crippen molar-refractivity contribution >= 4 is 22.8 Å². The van der Waals surface area contributed by atoms with Crippen molar-refractivity contribution < 1.29 is 9.53 Å². The number of benzene rings is 2. The molecule has 2 N–H and O–H groups in total. The summed E-state index contributed by atoms with van der Waals surface area (Å²) in [5.41, 5.74) is 4.26. The van der Waals surface area contributed by atoms with Gasteiger partial charge in [0.25, 0.3) is 0 Å². The van der Waals surface area contributed by atoms with Gasteiger partial charge in [-0.05, 0) is 56.5 Å². The van der Waals surface area contributed by atoms with Crippen LogP contribution in [0.4, 0.5) is 10.5 Å². The van der Waals surface area contributed by atoms with E-state index in [0.29, 0.717) is 19.8 Å². The number of imidazole rings is 1. The molecule has 0 atom stereocenters. The van der Waals surface area contributed by atoms with E-state index in [-0.39, 0.29) is 6.03 Å². The van der Waals surface area contributed by atoms with Crippen molar-refractivity contribution in [3.63, 3.8) is 0 Å². The number of nitrogens with one attached hydrogen (secondary N) is 2.